The number of ether oxygens (including phenoxy) is 1. The predicted octanol–water partition coefficient (Wildman–Crippen LogP) is 5.59. The van der Waals surface area contributed by atoms with Gasteiger partial charge < -0.3 is 10.1 Å². The number of hydrogen-bond acceptors (Lipinski definition) is 2. The molecule has 0 heterocycles. The van der Waals surface area contributed by atoms with E-state index in [1.165, 1.54) is 5.56 Å². The van der Waals surface area contributed by atoms with Crippen LogP contribution in [0, 0.1) is 6.92 Å². The molecule has 0 saturated carbocycles. The van der Waals surface area contributed by atoms with Gasteiger partial charge in [0, 0.05) is 10.0 Å². The highest BCUT2D eigenvalue weighted by atomic mass is 79.9. The van der Waals surface area contributed by atoms with Crippen LogP contribution in [-0.4, -0.2) is 7.11 Å². The molecule has 2 aromatic rings. The molecule has 2 nitrogen and oxygen atoms in total. The summed E-state index contributed by atoms with van der Waals surface area (Å²) < 4.78 is 6.42. The van der Waals surface area contributed by atoms with Crippen molar-refractivity contribution >= 4 is 33.2 Å². The van der Waals surface area contributed by atoms with Gasteiger partial charge in [-0.1, -0.05) is 39.7 Å². The standard InChI is InChI=1S/C16H17BrClNO/c1-10-4-6-13(16(8-10)20-3)11(2)19-15-7-5-12(17)9-14(15)18/h4-9,11,19H,1-3H3. The Morgan fingerprint density at radius 3 is 2.60 bits per heavy atom. The molecule has 1 atom stereocenters. The summed E-state index contributed by atoms with van der Waals surface area (Å²) in [5.41, 5.74) is 3.20. The minimum absolute atomic E-state index is 0.101. The van der Waals surface area contributed by atoms with Gasteiger partial charge in [0.05, 0.1) is 23.9 Å². The van der Waals surface area contributed by atoms with Crippen molar-refractivity contribution in [3.05, 3.63) is 57.0 Å². The van der Waals surface area contributed by atoms with E-state index in [0.29, 0.717) is 5.02 Å². The molecule has 0 aliphatic carbocycles. The molecule has 0 amide bonds. The minimum atomic E-state index is 0.101. The molecule has 0 fully saturated rings. The average molecular weight is 355 g/mol. The SMILES string of the molecule is COc1cc(C)ccc1C(C)Nc1ccc(Br)cc1Cl. The van der Waals surface area contributed by atoms with Gasteiger partial charge in [-0.25, -0.2) is 0 Å². The van der Waals surface area contributed by atoms with Crippen LogP contribution >= 0.6 is 27.5 Å². The molecule has 20 heavy (non-hydrogen) atoms. The number of halogens is 2. The van der Waals surface area contributed by atoms with Crippen molar-refractivity contribution in [3.63, 3.8) is 0 Å². The summed E-state index contributed by atoms with van der Waals surface area (Å²) in [5, 5.41) is 4.11. The molecule has 0 saturated heterocycles. The van der Waals surface area contributed by atoms with Crippen LogP contribution in [0.1, 0.15) is 24.1 Å². The molecule has 1 N–H and O–H groups in total. The Bertz CT molecular complexity index is 615. The van der Waals surface area contributed by atoms with Gasteiger partial charge in [-0.3, -0.25) is 0 Å². The molecule has 2 aromatic carbocycles. The van der Waals surface area contributed by atoms with Crippen molar-refractivity contribution < 1.29 is 4.74 Å². The van der Waals surface area contributed by atoms with E-state index in [1.807, 2.05) is 24.3 Å². The van der Waals surface area contributed by atoms with Crippen molar-refractivity contribution in [2.24, 2.45) is 0 Å². The van der Waals surface area contributed by atoms with E-state index in [2.05, 4.69) is 47.2 Å². The van der Waals surface area contributed by atoms with Crippen molar-refractivity contribution in [2.75, 3.05) is 12.4 Å². The number of aryl methyl sites for hydroxylation is 1. The Hall–Kier alpha value is -1.19. The third-order valence-corrected chi connectivity index (χ3v) is 3.96. The van der Waals surface area contributed by atoms with Gasteiger partial charge in [0.1, 0.15) is 5.75 Å². The zero-order chi connectivity index (χ0) is 14.7. The second-order valence-electron chi connectivity index (χ2n) is 4.74. The lowest BCUT2D eigenvalue weighted by atomic mass is 10.0. The number of benzene rings is 2. The van der Waals surface area contributed by atoms with E-state index < -0.39 is 0 Å². The van der Waals surface area contributed by atoms with Gasteiger partial charge in [-0.05, 0) is 43.7 Å². The predicted molar refractivity (Wildman–Crippen MR) is 88.9 cm³/mol. The Morgan fingerprint density at radius 2 is 1.95 bits per heavy atom. The average Bonchev–Trinajstić information content (AvgIpc) is 2.41. The largest absolute Gasteiger partial charge is 0.496 e. The lowest BCUT2D eigenvalue weighted by Crippen LogP contribution is -2.08. The van der Waals surface area contributed by atoms with Gasteiger partial charge in [0.15, 0.2) is 0 Å². The van der Waals surface area contributed by atoms with Gasteiger partial charge in [-0.15, -0.1) is 0 Å². The first-order valence-electron chi connectivity index (χ1n) is 6.37. The van der Waals surface area contributed by atoms with Crippen molar-refractivity contribution in [1.82, 2.24) is 0 Å². The van der Waals surface area contributed by atoms with Crippen LogP contribution in [0.5, 0.6) is 5.75 Å². The molecule has 0 radical (unpaired) electrons. The zero-order valence-electron chi connectivity index (χ0n) is 11.7. The van der Waals surface area contributed by atoms with Crippen LogP contribution in [0.4, 0.5) is 5.69 Å². The fraction of sp³-hybridized carbons (Fsp3) is 0.250. The van der Waals surface area contributed by atoms with E-state index >= 15 is 0 Å². The molecule has 1 unspecified atom stereocenters. The summed E-state index contributed by atoms with van der Waals surface area (Å²) in [7, 11) is 1.69. The third-order valence-electron chi connectivity index (χ3n) is 3.16. The number of nitrogens with one attached hydrogen (secondary N) is 1. The summed E-state index contributed by atoms with van der Waals surface area (Å²) >= 11 is 9.64. The Labute approximate surface area is 133 Å². The van der Waals surface area contributed by atoms with Crippen molar-refractivity contribution in [3.8, 4) is 5.75 Å². The number of methoxy groups -OCH3 is 1. The molecular weight excluding hydrogens is 338 g/mol. The van der Waals surface area contributed by atoms with Crippen LogP contribution in [0.2, 0.25) is 5.02 Å². The molecule has 0 bridgehead atoms. The van der Waals surface area contributed by atoms with Crippen LogP contribution in [-0.2, 0) is 0 Å². The first-order valence-corrected chi connectivity index (χ1v) is 7.54. The monoisotopic (exact) mass is 353 g/mol. The molecule has 0 aliphatic rings. The fourth-order valence-electron chi connectivity index (χ4n) is 2.09. The Morgan fingerprint density at radius 1 is 1.20 bits per heavy atom. The van der Waals surface area contributed by atoms with Crippen molar-refractivity contribution in [2.45, 2.75) is 19.9 Å². The number of hydrogen-bond donors (Lipinski definition) is 1. The summed E-state index contributed by atoms with van der Waals surface area (Å²) in [6, 6.07) is 12.1. The first kappa shape index (κ1) is 15.2. The second-order valence-corrected chi connectivity index (χ2v) is 6.06. The summed E-state index contributed by atoms with van der Waals surface area (Å²) in [4.78, 5) is 0. The molecule has 4 heteroatoms. The quantitative estimate of drug-likeness (QED) is 0.772. The van der Waals surface area contributed by atoms with Gasteiger partial charge in [0.25, 0.3) is 0 Å². The van der Waals surface area contributed by atoms with E-state index in [0.717, 1.165) is 21.5 Å². The highest BCUT2D eigenvalue weighted by Crippen LogP contribution is 2.32. The van der Waals surface area contributed by atoms with E-state index in [1.54, 1.807) is 7.11 Å². The summed E-state index contributed by atoms with van der Waals surface area (Å²) in [6.45, 7) is 4.14. The molecule has 0 spiro atoms. The van der Waals surface area contributed by atoms with Crippen LogP contribution in [0.3, 0.4) is 0 Å². The molecular formula is C16H17BrClNO. The highest BCUT2D eigenvalue weighted by molar-refractivity contribution is 9.10. The Balaban J connectivity index is 2.25. The normalized spacial score (nSPS) is 12.1. The summed E-state index contributed by atoms with van der Waals surface area (Å²) in [5.74, 6) is 0.887. The van der Waals surface area contributed by atoms with Gasteiger partial charge >= 0.3 is 0 Å². The second kappa shape index (κ2) is 6.51. The van der Waals surface area contributed by atoms with Crippen molar-refractivity contribution in [1.29, 1.82) is 0 Å². The van der Waals surface area contributed by atoms with E-state index in [4.69, 9.17) is 16.3 Å². The van der Waals surface area contributed by atoms with Crippen LogP contribution < -0.4 is 10.1 Å². The van der Waals surface area contributed by atoms with E-state index in [-0.39, 0.29) is 6.04 Å². The smallest absolute Gasteiger partial charge is 0.124 e. The maximum absolute atomic E-state index is 6.24. The number of anilines is 1. The highest BCUT2D eigenvalue weighted by Gasteiger charge is 2.12. The zero-order valence-corrected chi connectivity index (χ0v) is 14.0. The maximum Gasteiger partial charge on any atom is 0.124 e. The maximum atomic E-state index is 6.24. The van der Waals surface area contributed by atoms with E-state index in [9.17, 15) is 0 Å². The molecule has 0 aromatic heterocycles. The molecule has 2 rings (SSSR count). The summed E-state index contributed by atoms with van der Waals surface area (Å²) in [6.07, 6.45) is 0. The Kier molecular flexibility index (Phi) is 4.95. The van der Waals surface area contributed by atoms with Gasteiger partial charge in [0.2, 0.25) is 0 Å². The first-order chi connectivity index (χ1) is 9.51. The fourth-order valence-corrected chi connectivity index (χ4v) is 2.82. The van der Waals surface area contributed by atoms with Crippen LogP contribution in [0.15, 0.2) is 40.9 Å². The topological polar surface area (TPSA) is 21.3 Å². The number of rotatable bonds is 4. The third kappa shape index (κ3) is 3.47. The lowest BCUT2D eigenvalue weighted by molar-refractivity contribution is 0.407. The minimum Gasteiger partial charge on any atom is -0.496 e. The molecule has 106 valence electrons. The molecule has 0 aliphatic heterocycles. The van der Waals surface area contributed by atoms with Gasteiger partial charge in [-0.2, -0.15) is 0 Å². The lowest BCUT2D eigenvalue weighted by Gasteiger charge is -2.19. The van der Waals surface area contributed by atoms with Crippen LogP contribution in [0.25, 0.3) is 0 Å².